The Hall–Kier alpha value is -1.78. The zero-order chi connectivity index (χ0) is 14.7. The SMILES string of the molecule is CC(c1cccc(Cl)c1)N(C)Cc1ccc(C(=O)O)o1. The Morgan fingerprint density at radius 3 is 2.75 bits per heavy atom. The van der Waals surface area contributed by atoms with Gasteiger partial charge in [-0.3, -0.25) is 4.90 Å². The summed E-state index contributed by atoms with van der Waals surface area (Å²) < 4.78 is 5.26. The van der Waals surface area contributed by atoms with E-state index >= 15 is 0 Å². The van der Waals surface area contributed by atoms with Gasteiger partial charge in [0.2, 0.25) is 5.76 Å². The predicted octanol–water partition coefficient (Wildman–Crippen LogP) is 3.82. The molecular formula is C15H16ClNO3. The summed E-state index contributed by atoms with van der Waals surface area (Å²) in [4.78, 5) is 12.8. The molecule has 106 valence electrons. The van der Waals surface area contributed by atoms with E-state index in [-0.39, 0.29) is 11.8 Å². The lowest BCUT2D eigenvalue weighted by molar-refractivity contribution is 0.0658. The fraction of sp³-hybridized carbons (Fsp3) is 0.267. The fourth-order valence-corrected chi connectivity index (χ4v) is 2.18. The number of carboxylic acid groups (broad SMARTS) is 1. The Balaban J connectivity index is 2.07. The molecule has 5 heteroatoms. The molecule has 1 N–H and O–H groups in total. The summed E-state index contributed by atoms with van der Waals surface area (Å²) in [6.45, 7) is 2.59. The van der Waals surface area contributed by atoms with Gasteiger partial charge in [-0.2, -0.15) is 0 Å². The van der Waals surface area contributed by atoms with Crippen molar-refractivity contribution in [1.82, 2.24) is 4.90 Å². The van der Waals surface area contributed by atoms with Crippen LogP contribution < -0.4 is 0 Å². The van der Waals surface area contributed by atoms with E-state index in [1.54, 1.807) is 6.07 Å². The minimum absolute atomic E-state index is 0.0381. The van der Waals surface area contributed by atoms with Gasteiger partial charge in [-0.1, -0.05) is 23.7 Å². The third kappa shape index (κ3) is 3.40. The Morgan fingerprint density at radius 2 is 2.15 bits per heavy atom. The van der Waals surface area contributed by atoms with Gasteiger partial charge in [0.1, 0.15) is 5.76 Å². The molecule has 1 heterocycles. The van der Waals surface area contributed by atoms with E-state index in [2.05, 4.69) is 11.8 Å². The molecule has 0 bridgehead atoms. The molecule has 0 amide bonds. The summed E-state index contributed by atoms with van der Waals surface area (Å²) in [5, 5.41) is 9.53. The molecule has 0 aliphatic rings. The van der Waals surface area contributed by atoms with Crippen molar-refractivity contribution in [3.63, 3.8) is 0 Å². The lowest BCUT2D eigenvalue weighted by Crippen LogP contribution is -2.21. The van der Waals surface area contributed by atoms with Crippen molar-refractivity contribution in [3.8, 4) is 0 Å². The van der Waals surface area contributed by atoms with Crippen molar-refractivity contribution >= 4 is 17.6 Å². The van der Waals surface area contributed by atoms with E-state index in [4.69, 9.17) is 21.1 Å². The van der Waals surface area contributed by atoms with Crippen molar-refractivity contribution in [3.05, 3.63) is 58.5 Å². The third-order valence-electron chi connectivity index (χ3n) is 3.27. The van der Waals surface area contributed by atoms with Crippen molar-refractivity contribution < 1.29 is 14.3 Å². The third-order valence-corrected chi connectivity index (χ3v) is 3.51. The second-order valence-corrected chi connectivity index (χ2v) is 5.15. The first-order chi connectivity index (χ1) is 9.47. The van der Waals surface area contributed by atoms with Crippen molar-refractivity contribution in [2.24, 2.45) is 0 Å². The van der Waals surface area contributed by atoms with Gasteiger partial charge in [0.05, 0.1) is 6.54 Å². The quantitative estimate of drug-likeness (QED) is 0.910. The number of rotatable bonds is 5. The predicted molar refractivity (Wildman–Crippen MR) is 77.0 cm³/mol. The maximum atomic E-state index is 10.8. The first-order valence-electron chi connectivity index (χ1n) is 6.25. The normalized spacial score (nSPS) is 12.6. The lowest BCUT2D eigenvalue weighted by atomic mass is 10.1. The number of carboxylic acids is 1. The van der Waals surface area contributed by atoms with Crippen LogP contribution in [0.2, 0.25) is 5.02 Å². The number of hydrogen-bond acceptors (Lipinski definition) is 3. The first kappa shape index (κ1) is 14.6. The average Bonchev–Trinajstić information content (AvgIpc) is 2.86. The van der Waals surface area contributed by atoms with Gasteiger partial charge in [-0.05, 0) is 43.8 Å². The monoisotopic (exact) mass is 293 g/mol. The van der Waals surface area contributed by atoms with Crippen LogP contribution in [-0.4, -0.2) is 23.0 Å². The van der Waals surface area contributed by atoms with Gasteiger partial charge in [-0.25, -0.2) is 4.79 Å². The summed E-state index contributed by atoms with van der Waals surface area (Å²) in [5.41, 5.74) is 1.10. The van der Waals surface area contributed by atoms with E-state index in [1.165, 1.54) is 6.07 Å². The summed E-state index contributed by atoms with van der Waals surface area (Å²) in [7, 11) is 1.95. The van der Waals surface area contributed by atoms with Gasteiger partial charge in [-0.15, -0.1) is 0 Å². The van der Waals surface area contributed by atoms with Crippen LogP contribution in [0.5, 0.6) is 0 Å². The molecule has 0 aliphatic carbocycles. The van der Waals surface area contributed by atoms with Crippen LogP contribution in [0.15, 0.2) is 40.8 Å². The highest BCUT2D eigenvalue weighted by atomic mass is 35.5. The summed E-state index contributed by atoms with van der Waals surface area (Å²) in [6.07, 6.45) is 0. The second kappa shape index (κ2) is 6.11. The topological polar surface area (TPSA) is 53.7 Å². The van der Waals surface area contributed by atoms with E-state index in [0.717, 1.165) is 5.56 Å². The highest BCUT2D eigenvalue weighted by Crippen LogP contribution is 2.23. The molecule has 1 aromatic carbocycles. The second-order valence-electron chi connectivity index (χ2n) is 4.72. The van der Waals surface area contributed by atoms with Crippen molar-refractivity contribution in [2.45, 2.75) is 19.5 Å². The molecule has 0 aliphatic heterocycles. The molecule has 2 rings (SSSR count). The fourth-order valence-electron chi connectivity index (χ4n) is 1.98. The Bertz CT molecular complexity index is 609. The van der Waals surface area contributed by atoms with Crippen LogP contribution in [0.25, 0.3) is 0 Å². The number of furan rings is 1. The van der Waals surface area contributed by atoms with Gasteiger partial charge in [0, 0.05) is 11.1 Å². The highest BCUT2D eigenvalue weighted by molar-refractivity contribution is 6.30. The van der Waals surface area contributed by atoms with Gasteiger partial charge < -0.3 is 9.52 Å². The van der Waals surface area contributed by atoms with Crippen molar-refractivity contribution in [2.75, 3.05) is 7.05 Å². The Kier molecular flexibility index (Phi) is 4.47. The number of nitrogens with zero attached hydrogens (tertiary/aromatic N) is 1. The van der Waals surface area contributed by atoms with Crippen LogP contribution >= 0.6 is 11.6 Å². The van der Waals surface area contributed by atoms with Gasteiger partial charge in [0.25, 0.3) is 0 Å². The molecule has 2 aromatic rings. The standard InChI is InChI=1S/C15H16ClNO3/c1-10(11-4-3-5-12(16)8-11)17(2)9-13-6-7-14(20-13)15(18)19/h3-8,10H,9H2,1-2H3,(H,18,19). The van der Waals surface area contributed by atoms with Crippen LogP contribution in [0.3, 0.4) is 0 Å². The molecule has 1 aromatic heterocycles. The smallest absolute Gasteiger partial charge is 0.371 e. The van der Waals surface area contributed by atoms with Crippen LogP contribution in [0, 0.1) is 0 Å². The molecule has 0 fully saturated rings. The Morgan fingerprint density at radius 1 is 1.40 bits per heavy atom. The number of carbonyl (C=O) groups is 1. The molecule has 20 heavy (non-hydrogen) atoms. The lowest BCUT2D eigenvalue weighted by Gasteiger charge is -2.24. The number of aromatic carboxylic acids is 1. The van der Waals surface area contributed by atoms with Gasteiger partial charge >= 0.3 is 5.97 Å². The van der Waals surface area contributed by atoms with E-state index in [0.29, 0.717) is 17.3 Å². The van der Waals surface area contributed by atoms with Gasteiger partial charge in [0.15, 0.2) is 0 Å². The van der Waals surface area contributed by atoms with E-state index in [9.17, 15) is 4.79 Å². The molecule has 0 saturated carbocycles. The van der Waals surface area contributed by atoms with Crippen molar-refractivity contribution in [1.29, 1.82) is 0 Å². The average molecular weight is 294 g/mol. The zero-order valence-electron chi connectivity index (χ0n) is 11.3. The molecule has 0 saturated heterocycles. The van der Waals surface area contributed by atoms with Crippen LogP contribution in [-0.2, 0) is 6.54 Å². The molecule has 0 spiro atoms. The van der Waals surface area contributed by atoms with E-state index < -0.39 is 5.97 Å². The number of hydrogen-bond donors (Lipinski definition) is 1. The summed E-state index contributed by atoms with van der Waals surface area (Å²) in [5.74, 6) is -0.468. The maximum absolute atomic E-state index is 10.8. The molecular weight excluding hydrogens is 278 g/mol. The zero-order valence-corrected chi connectivity index (χ0v) is 12.1. The highest BCUT2D eigenvalue weighted by Gasteiger charge is 2.15. The van der Waals surface area contributed by atoms with Crippen LogP contribution in [0.1, 0.15) is 34.8 Å². The Labute approximate surface area is 122 Å². The first-order valence-corrected chi connectivity index (χ1v) is 6.63. The minimum Gasteiger partial charge on any atom is -0.475 e. The molecule has 1 atom stereocenters. The summed E-state index contributed by atoms with van der Waals surface area (Å²) >= 11 is 5.99. The molecule has 0 radical (unpaired) electrons. The largest absolute Gasteiger partial charge is 0.475 e. The number of halogens is 1. The molecule has 4 nitrogen and oxygen atoms in total. The minimum atomic E-state index is -1.05. The molecule has 1 unspecified atom stereocenters. The van der Waals surface area contributed by atoms with E-state index in [1.807, 2.05) is 31.3 Å². The number of benzene rings is 1. The maximum Gasteiger partial charge on any atom is 0.371 e. The summed E-state index contributed by atoms with van der Waals surface area (Å²) in [6, 6.07) is 11.0. The van der Waals surface area contributed by atoms with Crippen LogP contribution in [0.4, 0.5) is 0 Å².